The van der Waals surface area contributed by atoms with E-state index in [1.54, 1.807) is 30.3 Å². The zero-order chi connectivity index (χ0) is 18.8. The van der Waals surface area contributed by atoms with Crippen molar-refractivity contribution in [2.24, 2.45) is 0 Å². The molecule has 0 radical (unpaired) electrons. The zero-order valence-corrected chi connectivity index (χ0v) is 16.2. The van der Waals surface area contributed by atoms with Crippen LogP contribution in [0.5, 0.6) is 5.75 Å². The van der Waals surface area contributed by atoms with Crippen LogP contribution in [0.2, 0.25) is 0 Å². The summed E-state index contributed by atoms with van der Waals surface area (Å²) in [5.41, 5.74) is -1.33. The van der Waals surface area contributed by atoms with Crippen LogP contribution in [0, 0.1) is 0 Å². The summed E-state index contributed by atoms with van der Waals surface area (Å²) >= 11 is 0. The minimum Gasteiger partial charge on any atom is -0.464 e. The van der Waals surface area contributed by atoms with Gasteiger partial charge in [-0.2, -0.15) is 0 Å². The third-order valence-electron chi connectivity index (χ3n) is 2.84. The van der Waals surface area contributed by atoms with Gasteiger partial charge in [0, 0.05) is 0 Å². The Morgan fingerprint density at radius 1 is 1.29 bits per heavy atom. The molecule has 2 unspecified atom stereocenters. The van der Waals surface area contributed by atoms with Crippen LogP contribution in [0.1, 0.15) is 48.0 Å². The van der Waals surface area contributed by atoms with Gasteiger partial charge in [0.2, 0.25) is 0 Å². The number of carbonyl (C=O) groups is 1. The van der Waals surface area contributed by atoms with Gasteiger partial charge in [-0.1, -0.05) is 39.0 Å². The maximum atomic E-state index is 13.9. The van der Waals surface area contributed by atoms with E-state index in [9.17, 15) is 13.8 Å². The van der Waals surface area contributed by atoms with E-state index in [-0.39, 0.29) is 12.4 Å². The molecule has 0 amide bonds. The second-order valence-electron chi connectivity index (χ2n) is 5.45. The van der Waals surface area contributed by atoms with E-state index < -0.39 is 24.9 Å². The summed E-state index contributed by atoms with van der Waals surface area (Å²) in [5.74, 6) is -2.13. The van der Waals surface area contributed by atoms with Gasteiger partial charge < -0.3 is 9.26 Å². The lowest BCUT2D eigenvalue weighted by molar-refractivity contribution is -0.149. The topological polar surface area (TPSA) is 64.6 Å². The lowest BCUT2D eigenvalue weighted by atomic mass is 10.1. The quantitative estimate of drug-likeness (QED) is 0.526. The predicted molar refractivity (Wildman–Crippen MR) is 95.1 cm³/mol. The Kier molecular flexibility index (Phi) is 9.86. The minimum absolute atomic E-state index is 0.249. The molecule has 1 rings (SSSR count). The van der Waals surface area contributed by atoms with Crippen molar-refractivity contribution in [3.8, 4) is 5.75 Å². The molecule has 0 saturated carbocycles. The van der Waals surface area contributed by atoms with Gasteiger partial charge in [0.05, 0.1) is 6.61 Å². The van der Waals surface area contributed by atoms with E-state index in [1.807, 2.05) is 20.8 Å². The highest BCUT2D eigenvalue weighted by atomic mass is 31.2. The molecule has 0 aromatic heterocycles. The number of hydrogen-bond acceptors (Lipinski definition) is 4. The third kappa shape index (κ3) is 7.02. The molecular weight excluding hydrogens is 332 g/mol. The molecule has 0 bridgehead atoms. The number of nitrogens with one attached hydrogen (secondary N) is 1. The van der Waals surface area contributed by atoms with Crippen molar-refractivity contribution >= 4 is 13.5 Å². The van der Waals surface area contributed by atoms with E-state index in [0.717, 1.165) is 6.92 Å². The highest BCUT2D eigenvalue weighted by molar-refractivity contribution is 7.57. The Bertz CT molecular complexity index is 535. The van der Waals surface area contributed by atoms with Gasteiger partial charge in [-0.05, 0) is 39.3 Å². The lowest BCUT2D eigenvalue weighted by Crippen LogP contribution is -2.47. The maximum absolute atomic E-state index is 13.9. The fourth-order valence-electron chi connectivity index (χ4n) is 1.63. The van der Waals surface area contributed by atoms with Gasteiger partial charge >= 0.3 is 13.5 Å². The van der Waals surface area contributed by atoms with Crippen LogP contribution in [0.3, 0.4) is 0 Å². The van der Waals surface area contributed by atoms with Crippen LogP contribution in [0.25, 0.3) is 0 Å². The SMILES string of the molecule is CC.CCCOC(=O)C(C)(C)NP(=O)(Oc1ccccc1)C(C)F. The van der Waals surface area contributed by atoms with Crippen molar-refractivity contribution in [1.82, 2.24) is 5.09 Å². The second-order valence-corrected chi connectivity index (χ2v) is 7.76. The monoisotopic (exact) mass is 361 g/mol. The van der Waals surface area contributed by atoms with Gasteiger partial charge in [0.1, 0.15) is 11.3 Å². The third-order valence-corrected chi connectivity index (χ3v) is 5.13. The Balaban J connectivity index is 0.00000254. The molecule has 138 valence electrons. The summed E-state index contributed by atoms with van der Waals surface area (Å²) in [6.07, 6.45) is 0.666. The van der Waals surface area contributed by atoms with E-state index in [2.05, 4.69) is 5.09 Å². The standard InChI is InChI=1S/C15H23FNO4P.C2H6/c1-5-11-20-14(18)15(3,4)17-22(19,12(2)16)21-13-9-7-6-8-10-13;1-2/h6-10,12H,5,11H2,1-4H3,(H,17,19);1-2H3. The molecule has 0 aliphatic heterocycles. The van der Waals surface area contributed by atoms with Crippen LogP contribution < -0.4 is 9.61 Å². The van der Waals surface area contributed by atoms with Gasteiger partial charge in [-0.25, -0.2) is 9.48 Å². The van der Waals surface area contributed by atoms with Crippen LogP contribution in [0.4, 0.5) is 4.39 Å². The number of hydrogen-bond donors (Lipinski definition) is 1. The van der Waals surface area contributed by atoms with Crippen LogP contribution in [-0.2, 0) is 14.1 Å². The number of para-hydroxylation sites is 1. The number of benzene rings is 1. The maximum Gasteiger partial charge on any atom is 0.350 e. The highest BCUT2D eigenvalue weighted by Gasteiger charge is 2.42. The summed E-state index contributed by atoms with van der Waals surface area (Å²) in [6, 6.07) is 8.26. The first kappa shape index (κ1) is 22.6. The Labute approximate surface area is 144 Å². The van der Waals surface area contributed by atoms with Crippen LogP contribution in [0.15, 0.2) is 30.3 Å². The molecule has 7 heteroatoms. The largest absolute Gasteiger partial charge is 0.464 e. The molecule has 0 aliphatic rings. The van der Waals surface area contributed by atoms with Crippen molar-refractivity contribution in [1.29, 1.82) is 0 Å². The Morgan fingerprint density at radius 2 is 1.83 bits per heavy atom. The number of rotatable bonds is 8. The molecule has 0 aliphatic carbocycles. The molecule has 1 aromatic carbocycles. The second kappa shape index (κ2) is 10.5. The highest BCUT2D eigenvalue weighted by Crippen LogP contribution is 2.50. The van der Waals surface area contributed by atoms with E-state index in [0.29, 0.717) is 6.42 Å². The molecule has 0 fully saturated rings. The van der Waals surface area contributed by atoms with Crippen molar-refractivity contribution in [2.75, 3.05) is 6.61 Å². The van der Waals surface area contributed by atoms with E-state index >= 15 is 0 Å². The first-order valence-corrected chi connectivity index (χ1v) is 9.86. The van der Waals surface area contributed by atoms with Crippen molar-refractivity contribution in [2.45, 2.75) is 59.4 Å². The van der Waals surface area contributed by atoms with Crippen molar-refractivity contribution in [3.63, 3.8) is 0 Å². The molecule has 24 heavy (non-hydrogen) atoms. The number of carbonyl (C=O) groups excluding carboxylic acids is 1. The van der Waals surface area contributed by atoms with Gasteiger partial charge in [0.25, 0.3) is 0 Å². The van der Waals surface area contributed by atoms with Gasteiger partial charge in [-0.3, -0.25) is 9.36 Å². The molecule has 0 spiro atoms. The fraction of sp³-hybridized carbons (Fsp3) is 0.588. The lowest BCUT2D eigenvalue weighted by Gasteiger charge is -2.30. The predicted octanol–water partition coefficient (Wildman–Crippen LogP) is 4.92. The van der Waals surface area contributed by atoms with Crippen molar-refractivity contribution < 1.29 is 23.0 Å². The Morgan fingerprint density at radius 3 is 2.29 bits per heavy atom. The summed E-state index contributed by atoms with van der Waals surface area (Å²) in [4.78, 5) is 12.0. The molecule has 0 heterocycles. The summed E-state index contributed by atoms with van der Waals surface area (Å²) in [6.45, 7) is 10.2. The fourth-order valence-corrected chi connectivity index (χ4v) is 3.31. The number of alkyl halides is 1. The van der Waals surface area contributed by atoms with Gasteiger partial charge in [0.15, 0.2) is 5.91 Å². The number of halogens is 1. The molecule has 1 aromatic rings. The smallest absolute Gasteiger partial charge is 0.350 e. The van der Waals surface area contributed by atoms with Crippen molar-refractivity contribution in [3.05, 3.63) is 30.3 Å². The van der Waals surface area contributed by atoms with Crippen LogP contribution >= 0.6 is 7.52 Å². The number of esters is 1. The van der Waals surface area contributed by atoms with Crippen LogP contribution in [-0.4, -0.2) is 24.0 Å². The molecule has 1 N–H and O–H groups in total. The molecular formula is C17H29FNO4P. The Hall–Kier alpha value is -1.39. The van der Waals surface area contributed by atoms with Gasteiger partial charge in [-0.15, -0.1) is 0 Å². The average molecular weight is 361 g/mol. The summed E-state index contributed by atoms with van der Waals surface area (Å²) in [5, 5.41) is 2.51. The summed E-state index contributed by atoms with van der Waals surface area (Å²) in [7, 11) is -3.94. The van der Waals surface area contributed by atoms with E-state index in [4.69, 9.17) is 9.26 Å². The first-order chi connectivity index (χ1) is 11.2. The summed E-state index contributed by atoms with van der Waals surface area (Å²) < 4.78 is 37.0. The molecule has 2 atom stereocenters. The normalized spacial score (nSPS) is 14.6. The minimum atomic E-state index is -3.94. The number of ether oxygens (including phenoxy) is 1. The molecule has 0 saturated heterocycles. The van der Waals surface area contributed by atoms with E-state index in [1.165, 1.54) is 13.8 Å². The first-order valence-electron chi connectivity index (χ1n) is 8.16. The molecule has 5 nitrogen and oxygen atoms in total. The zero-order valence-electron chi connectivity index (χ0n) is 15.3. The average Bonchev–Trinajstić information content (AvgIpc) is 2.54.